The van der Waals surface area contributed by atoms with Crippen molar-refractivity contribution in [3.8, 4) is 0 Å². The predicted octanol–water partition coefficient (Wildman–Crippen LogP) is 2.45. The van der Waals surface area contributed by atoms with Gasteiger partial charge in [-0.15, -0.1) is 0 Å². The third kappa shape index (κ3) is 2.85. The van der Waals surface area contributed by atoms with E-state index in [1.54, 1.807) is 6.20 Å². The number of thioether (sulfide) groups is 1. The van der Waals surface area contributed by atoms with Gasteiger partial charge in [0.15, 0.2) is 5.69 Å². The molecule has 0 N–H and O–H groups in total. The van der Waals surface area contributed by atoms with Crippen molar-refractivity contribution in [1.82, 2.24) is 14.3 Å². The van der Waals surface area contributed by atoms with Gasteiger partial charge in [-0.1, -0.05) is 6.07 Å². The van der Waals surface area contributed by atoms with E-state index in [4.69, 9.17) is 4.74 Å². The standard InChI is InChI=1S/C17H21N3O2S/c1-22-17(21)14-9-18-16-13(3-2-6-20(14)16)10-19-7-8-23-11-15(19)12-4-5-12/h2-3,6,9,12,15H,4-5,7-8,10-11H2,1H3. The Bertz CT molecular complexity index is 726. The quantitative estimate of drug-likeness (QED) is 0.806. The lowest BCUT2D eigenvalue weighted by Gasteiger charge is -2.35. The van der Waals surface area contributed by atoms with Crippen LogP contribution in [0.5, 0.6) is 0 Å². The minimum Gasteiger partial charge on any atom is -0.464 e. The maximum Gasteiger partial charge on any atom is 0.356 e. The molecule has 1 aliphatic heterocycles. The zero-order chi connectivity index (χ0) is 15.8. The molecule has 2 aromatic heterocycles. The zero-order valence-corrected chi connectivity index (χ0v) is 14.1. The number of esters is 1. The highest BCUT2D eigenvalue weighted by molar-refractivity contribution is 7.99. The average molecular weight is 331 g/mol. The van der Waals surface area contributed by atoms with Gasteiger partial charge >= 0.3 is 5.97 Å². The van der Waals surface area contributed by atoms with Crippen molar-refractivity contribution < 1.29 is 9.53 Å². The first-order valence-corrected chi connectivity index (χ1v) is 9.28. The molecule has 3 heterocycles. The Labute approximate surface area is 140 Å². The van der Waals surface area contributed by atoms with Crippen molar-refractivity contribution in [3.05, 3.63) is 35.8 Å². The van der Waals surface area contributed by atoms with E-state index in [-0.39, 0.29) is 5.97 Å². The van der Waals surface area contributed by atoms with E-state index >= 15 is 0 Å². The number of carbonyl (C=O) groups is 1. The topological polar surface area (TPSA) is 46.8 Å². The van der Waals surface area contributed by atoms with Crippen LogP contribution in [0.3, 0.4) is 0 Å². The first-order valence-electron chi connectivity index (χ1n) is 8.13. The highest BCUT2D eigenvalue weighted by Gasteiger charge is 2.36. The van der Waals surface area contributed by atoms with Gasteiger partial charge in [-0.05, 0) is 24.8 Å². The lowest BCUT2D eigenvalue weighted by molar-refractivity contribution is 0.0593. The van der Waals surface area contributed by atoms with Gasteiger partial charge in [0.05, 0.1) is 13.3 Å². The number of hydrogen-bond acceptors (Lipinski definition) is 5. The van der Waals surface area contributed by atoms with Crippen molar-refractivity contribution in [2.24, 2.45) is 5.92 Å². The molecule has 1 saturated heterocycles. The number of aromatic nitrogens is 2. The second-order valence-electron chi connectivity index (χ2n) is 6.31. The molecule has 122 valence electrons. The highest BCUT2D eigenvalue weighted by atomic mass is 32.2. The fourth-order valence-corrected chi connectivity index (χ4v) is 4.69. The largest absolute Gasteiger partial charge is 0.464 e. The van der Waals surface area contributed by atoms with E-state index in [9.17, 15) is 4.79 Å². The zero-order valence-electron chi connectivity index (χ0n) is 13.3. The van der Waals surface area contributed by atoms with Crippen LogP contribution in [0.2, 0.25) is 0 Å². The molecular formula is C17H21N3O2S. The smallest absolute Gasteiger partial charge is 0.356 e. The van der Waals surface area contributed by atoms with Crippen LogP contribution < -0.4 is 0 Å². The minimum atomic E-state index is -0.347. The van der Waals surface area contributed by atoms with Crippen molar-refractivity contribution >= 4 is 23.4 Å². The summed E-state index contributed by atoms with van der Waals surface area (Å²) in [6, 6.07) is 4.81. The van der Waals surface area contributed by atoms with E-state index in [1.165, 1.54) is 37.0 Å². The second-order valence-corrected chi connectivity index (χ2v) is 7.46. The van der Waals surface area contributed by atoms with Crippen LogP contribution in [0.25, 0.3) is 5.65 Å². The summed E-state index contributed by atoms with van der Waals surface area (Å²) < 4.78 is 6.68. The first kappa shape index (κ1) is 15.0. The molecule has 1 atom stereocenters. The lowest BCUT2D eigenvalue weighted by Crippen LogP contribution is -2.43. The molecule has 0 radical (unpaired) electrons. The molecule has 2 aliphatic rings. The van der Waals surface area contributed by atoms with E-state index < -0.39 is 0 Å². The van der Waals surface area contributed by atoms with Gasteiger partial charge in [-0.3, -0.25) is 9.30 Å². The highest BCUT2D eigenvalue weighted by Crippen LogP contribution is 2.39. The predicted molar refractivity (Wildman–Crippen MR) is 90.8 cm³/mol. The average Bonchev–Trinajstić information content (AvgIpc) is 3.33. The number of imidazole rings is 1. The van der Waals surface area contributed by atoms with Crippen LogP contribution >= 0.6 is 11.8 Å². The molecule has 2 fully saturated rings. The fraction of sp³-hybridized carbons (Fsp3) is 0.529. The molecule has 0 spiro atoms. The van der Waals surface area contributed by atoms with Crippen LogP contribution in [0.1, 0.15) is 28.9 Å². The number of hydrogen-bond donors (Lipinski definition) is 0. The third-order valence-electron chi connectivity index (χ3n) is 4.83. The molecule has 1 unspecified atom stereocenters. The molecule has 0 bridgehead atoms. The molecule has 2 aromatic rings. The Balaban J connectivity index is 1.63. The van der Waals surface area contributed by atoms with Gasteiger partial charge < -0.3 is 4.74 Å². The van der Waals surface area contributed by atoms with Gasteiger partial charge in [-0.25, -0.2) is 9.78 Å². The normalized spacial score (nSPS) is 22.4. The molecule has 0 aromatic carbocycles. The van der Waals surface area contributed by atoms with E-state index in [0.29, 0.717) is 11.7 Å². The van der Waals surface area contributed by atoms with Gasteiger partial charge in [0.2, 0.25) is 0 Å². The fourth-order valence-electron chi connectivity index (χ4n) is 3.44. The lowest BCUT2D eigenvalue weighted by atomic mass is 10.1. The molecule has 0 amide bonds. The number of methoxy groups -OCH3 is 1. The maximum atomic E-state index is 11.8. The summed E-state index contributed by atoms with van der Waals surface area (Å²) in [6.07, 6.45) is 6.24. The number of fused-ring (bicyclic) bond motifs is 1. The molecule has 5 nitrogen and oxygen atoms in total. The number of ether oxygens (including phenoxy) is 1. The number of nitrogens with zero attached hydrogens (tertiary/aromatic N) is 3. The van der Waals surface area contributed by atoms with Crippen LogP contribution in [0.4, 0.5) is 0 Å². The Morgan fingerprint density at radius 1 is 1.48 bits per heavy atom. The molecule has 6 heteroatoms. The Morgan fingerprint density at radius 3 is 3.13 bits per heavy atom. The summed E-state index contributed by atoms with van der Waals surface area (Å²) in [4.78, 5) is 18.9. The van der Waals surface area contributed by atoms with Gasteiger partial charge in [-0.2, -0.15) is 11.8 Å². The summed E-state index contributed by atoms with van der Waals surface area (Å²) in [5.74, 6) is 2.98. The van der Waals surface area contributed by atoms with Gasteiger partial charge in [0.25, 0.3) is 0 Å². The summed E-state index contributed by atoms with van der Waals surface area (Å²) in [6.45, 7) is 2.04. The molecule has 1 saturated carbocycles. The number of rotatable bonds is 4. The molecule has 23 heavy (non-hydrogen) atoms. The SMILES string of the molecule is COC(=O)c1cnc2c(CN3CCSCC3C3CC3)cccn12. The number of pyridine rings is 1. The Morgan fingerprint density at radius 2 is 2.35 bits per heavy atom. The first-order chi connectivity index (χ1) is 11.3. The summed E-state index contributed by atoms with van der Waals surface area (Å²) in [5, 5.41) is 0. The minimum absolute atomic E-state index is 0.347. The summed E-state index contributed by atoms with van der Waals surface area (Å²) in [7, 11) is 1.40. The van der Waals surface area contributed by atoms with Crippen molar-refractivity contribution in [2.45, 2.75) is 25.4 Å². The Hall–Kier alpha value is -1.53. The van der Waals surface area contributed by atoms with E-state index in [0.717, 1.165) is 24.7 Å². The van der Waals surface area contributed by atoms with Crippen molar-refractivity contribution in [3.63, 3.8) is 0 Å². The molecular weight excluding hydrogens is 310 g/mol. The Kier molecular flexibility index (Phi) is 4.03. The molecule has 4 rings (SSSR count). The van der Waals surface area contributed by atoms with E-state index in [1.807, 2.05) is 16.7 Å². The van der Waals surface area contributed by atoms with Gasteiger partial charge in [0.1, 0.15) is 5.65 Å². The van der Waals surface area contributed by atoms with Crippen LogP contribution in [0, 0.1) is 5.92 Å². The second kappa shape index (κ2) is 6.17. The monoisotopic (exact) mass is 331 g/mol. The summed E-state index contributed by atoms with van der Waals surface area (Å²) in [5.41, 5.74) is 2.53. The van der Waals surface area contributed by atoms with Crippen LogP contribution in [-0.2, 0) is 11.3 Å². The van der Waals surface area contributed by atoms with Crippen molar-refractivity contribution in [1.29, 1.82) is 0 Å². The van der Waals surface area contributed by atoms with Crippen LogP contribution in [0.15, 0.2) is 24.5 Å². The van der Waals surface area contributed by atoms with Crippen molar-refractivity contribution in [2.75, 3.05) is 25.2 Å². The third-order valence-corrected chi connectivity index (χ3v) is 5.88. The van der Waals surface area contributed by atoms with E-state index in [2.05, 4.69) is 27.7 Å². The van der Waals surface area contributed by atoms with Crippen LogP contribution in [-0.4, -0.2) is 51.5 Å². The molecule has 1 aliphatic carbocycles. The number of carbonyl (C=O) groups excluding carboxylic acids is 1. The summed E-state index contributed by atoms with van der Waals surface area (Å²) >= 11 is 2.08. The van der Waals surface area contributed by atoms with Gasteiger partial charge in [0, 0.05) is 42.4 Å². The maximum absolute atomic E-state index is 11.8.